The van der Waals surface area contributed by atoms with Gasteiger partial charge < -0.3 is 25.1 Å². The quantitative estimate of drug-likeness (QED) is 0.124. The number of hydrogen-bond donors (Lipinski definition) is 3. The molecule has 0 aliphatic carbocycles. The Hall–Kier alpha value is -4.28. The van der Waals surface area contributed by atoms with Crippen molar-refractivity contribution < 1.29 is 28.5 Å². The number of ether oxygens (including phenoxy) is 3. The van der Waals surface area contributed by atoms with Gasteiger partial charge in [-0.2, -0.15) is 0 Å². The Morgan fingerprint density at radius 2 is 1.76 bits per heavy atom. The number of carbonyl (C=O) groups excluding carboxylic acids is 1. The number of hydrogen-bond acceptors (Lipinski definition) is 8. The summed E-state index contributed by atoms with van der Waals surface area (Å²) in [7, 11) is 4.30. The van der Waals surface area contributed by atoms with E-state index in [1.165, 1.54) is 20.3 Å². The molecular formula is C35H37ClFN3O5. The first kappa shape index (κ1) is 33.6. The van der Waals surface area contributed by atoms with Crippen LogP contribution in [-0.4, -0.2) is 50.0 Å². The van der Waals surface area contributed by atoms with Crippen LogP contribution in [0.2, 0.25) is 5.02 Å². The molecule has 4 rings (SSSR count). The highest BCUT2D eigenvalue weighted by Gasteiger charge is 2.19. The Labute approximate surface area is 267 Å². The van der Waals surface area contributed by atoms with Crippen LogP contribution in [0.3, 0.4) is 0 Å². The highest BCUT2D eigenvalue weighted by molar-refractivity contribution is 6.36. The second kappa shape index (κ2) is 15.1. The number of halogens is 2. The molecule has 10 heteroatoms. The maximum Gasteiger partial charge on any atom is 0.325 e. The Morgan fingerprint density at radius 1 is 1.04 bits per heavy atom. The first-order chi connectivity index (χ1) is 21.7. The van der Waals surface area contributed by atoms with E-state index in [0.29, 0.717) is 45.6 Å². The summed E-state index contributed by atoms with van der Waals surface area (Å²) < 4.78 is 31.3. The van der Waals surface area contributed by atoms with Crippen molar-refractivity contribution >= 4 is 29.5 Å². The SMILES string of the molecule is COC(=O)[C@@H](CO)NCc1ccc(/C(F)=C/c2cccc(-c3cccc(-c4cc(C)c(CN)c(OC)n4)c3Cl)c2C)cc1OC. The molecule has 4 N–H and O–H groups in total. The van der Waals surface area contributed by atoms with Gasteiger partial charge in [-0.25, -0.2) is 9.37 Å². The Kier molecular flexibility index (Phi) is 11.3. The van der Waals surface area contributed by atoms with Crippen molar-refractivity contribution in [2.24, 2.45) is 5.73 Å². The molecule has 45 heavy (non-hydrogen) atoms. The molecule has 0 aliphatic rings. The van der Waals surface area contributed by atoms with Gasteiger partial charge in [-0.3, -0.25) is 10.1 Å². The normalized spacial score (nSPS) is 12.2. The fourth-order valence-corrected chi connectivity index (χ4v) is 5.45. The van der Waals surface area contributed by atoms with E-state index in [1.807, 2.05) is 56.3 Å². The summed E-state index contributed by atoms with van der Waals surface area (Å²) in [6.45, 7) is 3.97. The summed E-state index contributed by atoms with van der Waals surface area (Å²) in [5, 5.41) is 12.9. The third-order valence-corrected chi connectivity index (χ3v) is 8.11. The summed E-state index contributed by atoms with van der Waals surface area (Å²) in [6.07, 6.45) is 1.48. The molecule has 0 radical (unpaired) electrons. The topological polar surface area (TPSA) is 116 Å². The minimum Gasteiger partial charge on any atom is -0.496 e. The van der Waals surface area contributed by atoms with E-state index < -0.39 is 24.4 Å². The van der Waals surface area contributed by atoms with E-state index in [4.69, 9.17) is 26.8 Å². The molecule has 0 saturated heterocycles. The number of benzene rings is 3. The van der Waals surface area contributed by atoms with Crippen LogP contribution in [0, 0.1) is 13.8 Å². The van der Waals surface area contributed by atoms with Crippen molar-refractivity contribution in [3.05, 3.63) is 99.1 Å². The number of nitrogens with zero attached hydrogens (tertiary/aromatic N) is 1. The molecule has 0 amide bonds. The smallest absolute Gasteiger partial charge is 0.325 e. The first-order valence-corrected chi connectivity index (χ1v) is 14.6. The molecule has 0 saturated carbocycles. The number of nitrogens with one attached hydrogen (secondary N) is 1. The lowest BCUT2D eigenvalue weighted by atomic mass is 9.93. The molecule has 1 atom stereocenters. The largest absolute Gasteiger partial charge is 0.496 e. The summed E-state index contributed by atoms with van der Waals surface area (Å²) in [4.78, 5) is 16.5. The number of pyridine rings is 1. The molecule has 0 fully saturated rings. The predicted molar refractivity (Wildman–Crippen MR) is 176 cm³/mol. The number of nitrogens with two attached hydrogens (primary N) is 1. The lowest BCUT2D eigenvalue weighted by Gasteiger charge is -2.16. The number of rotatable bonds is 12. The summed E-state index contributed by atoms with van der Waals surface area (Å²) in [6, 6.07) is 17.4. The Balaban J connectivity index is 1.66. The van der Waals surface area contributed by atoms with E-state index in [-0.39, 0.29) is 6.54 Å². The highest BCUT2D eigenvalue weighted by atomic mass is 35.5. The number of aliphatic hydroxyl groups excluding tert-OH is 1. The van der Waals surface area contributed by atoms with Crippen molar-refractivity contribution in [1.29, 1.82) is 0 Å². The van der Waals surface area contributed by atoms with E-state index >= 15 is 4.39 Å². The average molecular weight is 634 g/mol. The van der Waals surface area contributed by atoms with Gasteiger partial charge in [0.05, 0.1) is 38.7 Å². The van der Waals surface area contributed by atoms with E-state index in [0.717, 1.165) is 33.4 Å². The van der Waals surface area contributed by atoms with Crippen molar-refractivity contribution in [1.82, 2.24) is 10.3 Å². The van der Waals surface area contributed by atoms with Crippen LogP contribution in [0.4, 0.5) is 4.39 Å². The number of esters is 1. The third-order valence-electron chi connectivity index (χ3n) is 7.70. The molecule has 0 spiro atoms. The van der Waals surface area contributed by atoms with Crippen molar-refractivity contribution in [2.45, 2.75) is 33.0 Å². The van der Waals surface area contributed by atoms with Gasteiger partial charge in [-0.05, 0) is 54.3 Å². The van der Waals surface area contributed by atoms with Gasteiger partial charge in [0.15, 0.2) is 0 Å². The maximum atomic E-state index is 15.7. The zero-order chi connectivity index (χ0) is 32.7. The number of aromatic nitrogens is 1. The summed E-state index contributed by atoms with van der Waals surface area (Å²) in [5.74, 6) is -0.147. The number of carbonyl (C=O) groups is 1. The minimum absolute atomic E-state index is 0.203. The zero-order valence-corrected chi connectivity index (χ0v) is 26.7. The van der Waals surface area contributed by atoms with Gasteiger partial charge in [-0.15, -0.1) is 0 Å². The van der Waals surface area contributed by atoms with Gasteiger partial charge in [0, 0.05) is 40.9 Å². The monoisotopic (exact) mass is 633 g/mol. The van der Waals surface area contributed by atoms with Crippen LogP contribution in [0.15, 0.2) is 60.7 Å². The Bertz CT molecular complexity index is 1730. The third kappa shape index (κ3) is 7.34. The van der Waals surface area contributed by atoms with Crippen LogP contribution in [0.1, 0.15) is 33.4 Å². The van der Waals surface area contributed by atoms with Crippen LogP contribution in [0.25, 0.3) is 34.3 Å². The number of aryl methyl sites for hydroxylation is 1. The predicted octanol–water partition coefficient (Wildman–Crippen LogP) is 6.25. The molecule has 4 aromatic rings. The lowest BCUT2D eigenvalue weighted by Crippen LogP contribution is -2.40. The van der Waals surface area contributed by atoms with E-state index in [2.05, 4.69) is 15.0 Å². The van der Waals surface area contributed by atoms with Gasteiger partial charge in [0.1, 0.15) is 17.6 Å². The fourth-order valence-electron chi connectivity index (χ4n) is 5.12. The van der Waals surface area contributed by atoms with Crippen LogP contribution >= 0.6 is 11.6 Å². The fraction of sp³-hybridized carbons (Fsp3) is 0.257. The Morgan fingerprint density at radius 3 is 2.42 bits per heavy atom. The molecule has 236 valence electrons. The van der Waals surface area contributed by atoms with Gasteiger partial charge in [0.2, 0.25) is 5.88 Å². The average Bonchev–Trinajstić information content (AvgIpc) is 3.05. The first-order valence-electron chi connectivity index (χ1n) is 14.3. The summed E-state index contributed by atoms with van der Waals surface area (Å²) >= 11 is 7.00. The molecule has 0 aliphatic heterocycles. The molecule has 0 unspecified atom stereocenters. The van der Waals surface area contributed by atoms with Crippen molar-refractivity contribution in [3.8, 4) is 34.0 Å². The molecule has 1 heterocycles. The van der Waals surface area contributed by atoms with E-state index in [9.17, 15) is 9.90 Å². The van der Waals surface area contributed by atoms with Crippen molar-refractivity contribution in [2.75, 3.05) is 27.9 Å². The standard InChI is InChI=1S/C35H37ClFN3O5/c1-20-14-30(40-34(44-4)28(20)17-38)27-11-7-10-26(33(27)36)25-9-6-8-22(21(25)2)15-29(37)23-12-13-24(32(16-23)43-3)18-39-31(19-41)35(42)45-5/h6-16,31,39,41H,17-19,38H2,1-5H3/b29-15-/t31-/m1/s1. The molecular weight excluding hydrogens is 597 g/mol. The van der Waals surface area contributed by atoms with Gasteiger partial charge in [-0.1, -0.05) is 60.1 Å². The molecule has 1 aromatic heterocycles. The lowest BCUT2D eigenvalue weighted by molar-refractivity contribution is -0.144. The highest BCUT2D eigenvalue weighted by Crippen LogP contribution is 2.39. The second-order valence-corrected chi connectivity index (χ2v) is 10.7. The number of methoxy groups -OCH3 is 3. The van der Waals surface area contributed by atoms with Gasteiger partial charge in [0.25, 0.3) is 0 Å². The maximum absolute atomic E-state index is 15.7. The molecule has 8 nitrogen and oxygen atoms in total. The minimum atomic E-state index is -0.889. The van der Waals surface area contributed by atoms with Crippen LogP contribution in [-0.2, 0) is 22.6 Å². The summed E-state index contributed by atoms with van der Waals surface area (Å²) in [5.41, 5.74) is 13.3. The second-order valence-electron chi connectivity index (χ2n) is 10.4. The molecule has 3 aromatic carbocycles. The van der Waals surface area contributed by atoms with Crippen molar-refractivity contribution in [3.63, 3.8) is 0 Å². The zero-order valence-electron chi connectivity index (χ0n) is 25.9. The van der Waals surface area contributed by atoms with E-state index in [1.54, 1.807) is 25.3 Å². The number of aliphatic hydroxyl groups is 1. The van der Waals surface area contributed by atoms with Crippen LogP contribution in [0.5, 0.6) is 11.6 Å². The van der Waals surface area contributed by atoms with Crippen LogP contribution < -0.4 is 20.5 Å². The molecule has 0 bridgehead atoms. The van der Waals surface area contributed by atoms with Gasteiger partial charge >= 0.3 is 5.97 Å².